The summed E-state index contributed by atoms with van der Waals surface area (Å²) in [6, 6.07) is 4.48. The predicted molar refractivity (Wildman–Crippen MR) is 78.0 cm³/mol. The molecule has 0 radical (unpaired) electrons. The van der Waals surface area contributed by atoms with Gasteiger partial charge in [0.25, 0.3) is 5.91 Å². The number of rotatable bonds is 3. The second kappa shape index (κ2) is 5.37. The molecule has 1 N–H and O–H groups in total. The van der Waals surface area contributed by atoms with E-state index >= 15 is 0 Å². The fourth-order valence-electron chi connectivity index (χ4n) is 2.85. The van der Waals surface area contributed by atoms with Crippen molar-refractivity contribution in [3.05, 3.63) is 41.0 Å². The van der Waals surface area contributed by atoms with Gasteiger partial charge in [0.05, 0.1) is 5.69 Å². The van der Waals surface area contributed by atoms with Crippen LogP contribution in [0.25, 0.3) is 0 Å². The Kier molecular flexibility index (Phi) is 3.55. The zero-order chi connectivity index (χ0) is 15.0. The molecule has 0 bridgehead atoms. The fraction of sp³-hybridized carbons (Fsp3) is 0.467. The molecule has 1 atom stereocenters. The normalized spacial score (nSPS) is 18.5. The van der Waals surface area contributed by atoms with E-state index in [9.17, 15) is 4.79 Å². The van der Waals surface area contributed by atoms with Gasteiger partial charge in [0.2, 0.25) is 0 Å². The van der Waals surface area contributed by atoms with Crippen molar-refractivity contribution < 1.29 is 9.32 Å². The quantitative estimate of drug-likeness (QED) is 0.925. The van der Waals surface area contributed by atoms with Crippen LogP contribution in [0.3, 0.4) is 0 Å². The van der Waals surface area contributed by atoms with E-state index in [1.807, 2.05) is 0 Å². The van der Waals surface area contributed by atoms with Gasteiger partial charge in [0, 0.05) is 37.6 Å². The van der Waals surface area contributed by atoms with Crippen molar-refractivity contribution in [2.24, 2.45) is 0 Å². The first-order valence-corrected chi connectivity index (χ1v) is 7.11. The second-order valence-corrected chi connectivity index (χ2v) is 5.63. The monoisotopic (exact) mass is 288 g/mol. The topological polar surface area (TPSA) is 63.3 Å². The lowest BCUT2D eigenvalue weighted by Gasteiger charge is -2.34. The van der Waals surface area contributed by atoms with Gasteiger partial charge in [-0.3, -0.25) is 9.69 Å². The maximum Gasteiger partial charge on any atom is 0.256 e. The van der Waals surface area contributed by atoms with Crippen molar-refractivity contribution >= 4 is 5.91 Å². The standard InChI is InChI=1S/C15H20N4O2/c1-10-14(11(2)21-17-10)15(20)16-7-13-9-19-6-4-5-12(19)8-18(13)3/h4-6,13H,7-9H2,1-3H3,(H,16,20)/t13-/m0/s1. The molecule has 1 amide bonds. The van der Waals surface area contributed by atoms with Crippen molar-refractivity contribution in [1.82, 2.24) is 19.9 Å². The minimum atomic E-state index is -0.113. The smallest absolute Gasteiger partial charge is 0.256 e. The van der Waals surface area contributed by atoms with Crippen LogP contribution in [0.15, 0.2) is 22.9 Å². The molecule has 3 heterocycles. The number of aryl methyl sites for hydroxylation is 2. The molecule has 21 heavy (non-hydrogen) atoms. The van der Waals surface area contributed by atoms with Crippen LogP contribution in [0.4, 0.5) is 0 Å². The Morgan fingerprint density at radius 3 is 3.05 bits per heavy atom. The molecule has 0 saturated heterocycles. The van der Waals surface area contributed by atoms with Gasteiger partial charge in [-0.1, -0.05) is 5.16 Å². The fourth-order valence-corrected chi connectivity index (χ4v) is 2.85. The number of hydrogen-bond donors (Lipinski definition) is 1. The van der Waals surface area contributed by atoms with Crippen LogP contribution in [0, 0.1) is 13.8 Å². The molecule has 1 aliphatic rings. The second-order valence-electron chi connectivity index (χ2n) is 5.63. The van der Waals surface area contributed by atoms with Gasteiger partial charge >= 0.3 is 0 Å². The number of likely N-dealkylation sites (N-methyl/N-ethyl adjacent to an activating group) is 1. The van der Waals surface area contributed by atoms with E-state index in [4.69, 9.17) is 4.52 Å². The maximum atomic E-state index is 12.3. The van der Waals surface area contributed by atoms with Crippen molar-refractivity contribution in [3.63, 3.8) is 0 Å². The molecule has 0 aliphatic carbocycles. The molecule has 0 aromatic carbocycles. The SMILES string of the molecule is Cc1noc(C)c1C(=O)NC[C@H]1Cn2cccc2CN1C. The van der Waals surface area contributed by atoms with Crippen molar-refractivity contribution in [3.8, 4) is 0 Å². The van der Waals surface area contributed by atoms with E-state index in [2.05, 4.69) is 45.3 Å². The Bertz CT molecular complexity index is 639. The lowest BCUT2D eigenvalue weighted by atomic mass is 10.1. The minimum Gasteiger partial charge on any atom is -0.361 e. The van der Waals surface area contributed by atoms with Gasteiger partial charge in [0.1, 0.15) is 11.3 Å². The Balaban J connectivity index is 1.64. The first-order chi connectivity index (χ1) is 10.1. The molecule has 6 nitrogen and oxygen atoms in total. The van der Waals surface area contributed by atoms with Crippen LogP contribution in [-0.2, 0) is 13.1 Å². The summed E-state index contributed by atoms with van der Waals surface area (Å²) < 4.78 is 7.28. The number of nitrogens with one attached hydrogen (secondary N) is 1. The van der Waals surface area contributed by atoms with E-state index in [1.54, 1.807) is 13.8 Å². The molecule has 0 spiro atoms. The summed E-state index contributed by atoms with van der Waals surface area (Å²) in [7, 11) is 2.09. The molecular weight excluding hydrogens is 268 g/mol. The molecule has 0 fully saturated rings. The largest absolute Gasteiger partial charge is 0.361 e. The number of hydrogen-bond acceptors (Lipinski definition) is 4. The Morgan fingerprint density at radius 1 is 1.52 bits per heavy atom. The number of amides is 1. The van der Waals surface area contributed by atoms with Gasteiger partial charge < -0.3 is 14.4 Å². The van der Waals surface area contributed by atoms with Crippen LogP contribution in [0.2, 0.25) is 0 Å². The summed E-state index contributed by atoms with van der Waals surface area (Å²) in [5.74, 6) is 0.452. The summed E-state index contributed by atoms with van der Waals surface area (Å²) in [5, 5.41) is 6.82. The summed E-state index contributed by atoms with van der Waals surface area (Å²) in [6.45, 7) is 5.94. The number of nitrogens with zero attached hydrogens (tertiary/aromatic N) is 3. The molecule has 6 heteroatoms. The average molecular weight is 288 g/mol. The first-order valence-electron chi connectivity index (χ1n) is 7.11. The molecule has 2 aromatic heterocycles. The van der Waals surface area contributed by atoms with Gasteiger partial charge in [0.15, 0.2) is 0 Å². The maximum absolute atomic E-state index is 12.3. The minimum absolute atomic E-state index is 0.113. The lowest BCUT2D eigenvalue weighted by molar-refractivity contribution is 0.0923. The summed E-state index contributed by atoms with van der Waals surface area (Å²) in [6.07, 6.45) is 2.09. The molecule has 3 rings (SSSR count). The number of fused-ring (bicyclic) bond motifs is 1. The summed E-state index contributed by atoms with van der Waals surface area (Å²) >= 11 is 0. The average Bonchev–Trinajstić information content (AvgIpc) is 3.02. The molecular formula is C15H20N4O2. The first kappa shape index (κ1) is 13.9. The highest BCUT2D eigenvalue weighted by Gasteiger charge is 2.24. The highest BCUT2D eigenvalue weighted by Crippen LogP contribution is 2.16. The lowest BCUT2D eigenvalue weighted by Crippen LogP contribution is -2.47. The van der Waals surface area contributed by atoms with E-state index in [0.29, 0.717) is 23.6 Å². The third-order valence-electron chi connectivity index (χ3n) is 4.12. The highest BCUT2D eigenvalue weighted by molar-refractivity contribution is 5.96. The summed E-state index contributed by atoms with van der Waals surface area (Å²) in [4.78, 5) is 14.5. The van der Waals surface area contributed by atoms with E-state index < -0.39 is 0 Å². The molecule has 112 valence electrons. The molecule has 0 unspecified atom stereocenters. The zero-order valence-corrected chi connectivity index (χ0v) is 12.6. The van der Waals surface area contributed by atoms with Crippen molar-refractivity contribution in [2.75, 3.05) is 13.6 Å². The van der Waals surface area contributed by atoms with Crippen LogP contribution in [0.1, 0.15) is 27.5 Å². The van der Waals surface area contributed by atoms with Crippen LogP contribution < -0.4 is 5.32 Å². The number of carbonyl (C=O) groups excluding carboxylic acids is 1. The van der Waals surface area contributed by atoms with E-state index in [1.165, 1.54) is 5.69 Å². The number of carbonyl (C=O) groups is 1. The third-order valence-corrected chi connectivity index (χ3v) is 4.12. The zero-order valence-electron chi connectivity index (χ0n) is 12.6. The van der Waals surface area contributed by atoms with Gasteiger partial charge in [-0.05, 0) is 33.0 Å². The number of aromatic nitrogens is 2. The molecule has 2 aromatic rings. The van der Waals surface area contributed by atoms with Crippen LogP contribution >= 0.6 is 0 Å². The predicted octanol–water partition coefficient (Wildman–Crippen LogP) is 1.34. The van der Waals surface area contributed by atoms with Gasteiger partial charge in [-0.2, -0.15) is 0 Å². The van der Waals surface area contributed by atoms with Gasteiger partial charge in [-0.25, -0.2) is 0 Å². The Morgan fingerprint density at radius 2 is 2.33 bits per heavy atom. The molecule has 0 saturated carbocycles. The van der Waals surface area contributed by atoms with Crippen molar-refractivity contribution in [2.45, 2.75) is 33.0 Å². The van der Waals surface area contributed by atoms with Crippen molar-refractivity contribution in [1.29, 1.82) is 0 Å². The van der Waals surface area contributed by atoms with Crippen LogP contribution in [0.5, 0.6) is 0 Å². The summed E-state index contributed by atoms with van der Waals surface area (Å²) in [5.41, 5.74) is 2.50. The Hall–Kier alpha value is -2.08. The van der Waals surface area contributed by atoms with Gasteiger partial charge in [-0.15, -0.1) is 0 Å². The van der Waals surface area contributed by atoms with E-state index in [0.717, 1.165) is 13.1 Å². The Labute approximate surface area is 123 Å². The van der Waals surface area contributed by atoms with Crippen LogP contribution in [-0.4, -0.2) is 40.2 Å². The van der Waals surface area contributed by atoms with E-state index in [-0.39, 0.29) is 11.9 Å². The third kappa shape index (κ3) is 2.58. The highest BCUT2D eigenvalue weighted by atomic mass is 16.5. The molecule has 1 aliphatic heterocycles.